The summed E-state index contributed by atoms with van der Waals surface area (Å²) in [5.41, 5.74) is 1.75. The summed E-state index contributed by atoms with van der Waals surface area (Å²) in [6.45, 7) is 0. The van der Waals surface area contributed by atoms with Crippen molar-refractivity contribution in [2.45, 2.75) is 10.7 Å². The number of thioether (sulfide) groups is 1. The zero-order valence-corrected chi connectivity index (χ0v) is 9.62. The quantitative estimate of drug-likeness (QED) is 0.818. The first-order valence-corrected chi connectivity index (χ1v) is 5.87. The molecular weight excluding hydrogens is 242 g/mol. The molecule has 4 heteroatoms. The number of hydrogen-bond acceptors (Lipinski definition) is 2. The third-order valence-electron chi connectivity index (χ3n) is 2.26. The lowest BCUT2D eigenvalue weighted by Crippen LogP contribution is -1.82. The molecule has 1 nitrogen and oxygen atoms in total. The summed E-state index contributed by atoms with van der Waals surface area (Å²) >= 11 is 0.523. The van der Waals surface area contributed by atoms with E-state index < -0.39 is 5.76 Å². The molecule has 0 heterocycles. The Labute approximate surface area is 102 Å². The molecule has 17 heavy (non-hydrogen) atoms. The highest BCUT2D eigenvalue weighted by atomic mass is 32.2. The standard InChI is InChI=1S/C13H10F2OS/c14-13(15)17-12-6-4-9(5-7-12)10-2-1-3-11(16)8-10/h1-8,13,16H. The number of phenols is 1. The van der Waals surface area contributed by atoms with E-state index in [-0.39, 0.29) is 5.75 Å². The third kappa shape index (κ3) is 3.20. The number of halogens is 2. The second kappa shape index (κ2) is 5.19. The molecule has 2 rings (SSSR count). The molecule has 0 spiro atoms. The van der Waals surface area contributed by atoms with Crippen LogP contribution in [-0.2, 0) is 0 Å². The summed E-state index contributed by atoms with van der Waals surface area (Å²) in [4.78, 5) is 0.531. The van der Waals surface area contributed by atoms with E-state index in [1.807, 2.05) is 6.07 Å². The number of phenolic OH excluding ortho intramolecular Hbond substituents is 1. The predicted molar refractivity (Wildman–Crippen MR) is 65.4 cm³/mol. The summed E-state index contributed by atoms with van der Waals surface area (Å²) in [6.07, 6.45) is 0. The van der Waals surface area contributed by atoms with Crippen molar-refractivity contribution in [2.75, 3.05) is 0 Å². The monoisotopic (exact) mass is 252 g/mol. The molecule has 0 fully saturated rings. The lowest BCUT2D eigenvalue weighted by Gasteiger charge is -2.04. The van der Waals surface area contributed by atoms with Crippen LogP contribution in [0.15, 0.2) is 53.4 Å². The minimum atomic E-state index is -2.40. The first kappa shape index (κ1) is 11.9. The van der Waals surface area contributed by atoms with Crippen LogP contribution in [0.1, 0.15) is 0 Å². The topological polar surface area (TPSA) is 20.2 Å². The van der Waals surface area contributed by atoms with Crippen molar-refractivity contribution in [3.63, 3.8) is 0 Å². The van der Waals surface area contributed by atoms with Gasteiger partial charge >= 0.3 is 0 Å². The van der Waals surface area contributed by atoms with Gasteiger partial charge in [0.05, 0.1) is 0 Å². The number of hydrogen-bond donors (Lipinski definition) is 1. The van der Waals surface area contributed by atoms with Crippen molar-refractivity contribution in [3.05, 3.63) is 48.5 Å². The van der Waals surface area contributed by atoms with Crippen LogP contribution in [0, 0.1) is 0 Å². The third-order valence-corrected chi connectivity index (χ3v) is 2.98. The Hall–Kier alpha value is -1.55. The van der Waals surface area contributed by atoms with Crippen molar-refractivity contribution in [1.29, 1.82) is 0 Å². The fourth-order valence-electron chi connectivity index (χ4n) is 1.51. The van der Waals surface area contributed by atoms with Gasteiger partial charge in [-0.25, -0.2) is 0 Å². The van der Waals surface area contributed by atoms with Crippen LogP contribution < -0.4 is 0 Å². The molecular formula is C13H10F2OS. The van der Waals surface area contributed by atoms with Gasteiger partial charge in [0.1, 0.15) is 5.75 Å². The van der Waals surface area contributed by atoms with Gasteiger partial charge in [-0.05, 0) is 35.4 Å². The van der Waals surface area contributed by atoms with E-state index in [0.717, 1.165) is 11.1 Å². The zero-order chi connectivity index (χ0) is 12.3. The molecule has 0 unspecified atom stereocenters. The average molecular weight is 252 g/mol. The molecule has 0 saturated carbocycles. The summed E-state index contributed by atoms with van der Waals surface area (Å²) in [5.74, 6) is -2.21. The second-order valence-corrected chi connectivity index (χ2v) is 4.52. The Balaban J connectivity index is 2.23. The SMILES string of the molecule is Oc1cccc(-c2ccc(SC(F)F)cc2)c1. The maximum absolute atomic E-state index is 12.1. The van der Waals surface area contributed by atoms with Crippen molar-refractivity contribution in [2.24, 2.45) is 0 Å². The maximum atomic E-state index is 12.1. The van der Waals surface area contributed by atoms with Gasteiger partial charge in [-0.2, -0.15) is 8.78 Å². The Morgan fingerprint density at radius 1 is 0.941 bits per heavy atom. The van der Waals surface area contributed by atoms with Gasteiger partial charge in [0.2, 0.25) is 0 Å². The molecule has 0 atom stereocenters. The van der Waals surface area contributed by atoms with Crippen LogP contribution in [0.4, 0.5) is 8.78 Å². The molecule has 0 aliphatic carbocycles. The van der Waals surface area contributed by atoms with E-state index in [2.05, 4.69) is 0 Å². The van der Waals surface area contributed by atoms with Gasteiger partial charge in [0.25, 0.3) is 5.76 Å². The summed E-state index contributed by atoms with van der Waals surface area (Å²) in [7, 11) is 0. The van der Waals surface area contributed by atoms with Crippen LogP contribution in [0.25, 0.3) is 11.1 Å². The Morgan fingerprint density at radius 2 is 1.65 bits per heavy atom. The molecule has 0 amide bonds. The van der Waals surface area contributed by atoms with Crippen molar-refractivity contribution in [3.8, 4) is 16.9 Å². The molecule has 2 aromatic rings. The Kier molecular flexibility index (Phi) is 3.64. The summed E-state index contributed by atoms with van der Waals surface area (Å²) < 4.78 is 24.3. The molecule has 0 saturated heterocycles. The van der Waals surface area contributed by atoms with Gasteiger partial charge in [0, 0.05) is 4.90 Å². The normalized spacial score (nSPS) is 10.8. The van der Waals surface area contributed by atoms with Gasteiger partial charge in [-0.3, -0.25) is 0 Å². The van der Waals surface area contributed by atoms with Crippen molar-refractivity contribution >= 4 is 11.8 Å². The fourth-order valence-corrected chi connectivity index (χ4v) is 2.01. The minimum absolute atomic E-state index is 0.188. The number of rotatable bonds is 3. The molecule has 0 aromatic heterocycles. The van der Waals surface area contributed by atoms with Crippen LogP contribution in [-0.4, -0.2) is 10.9 Å². The van der Waals surface area contributed by atoms with E-state index in [1.165, 1.54) is 0 Å². The van der Waals surface area contributed by atoms with Crippen LogP contribution >= 0.6 is 11.8 Å². The molecule has 2 aromatic carbocycles. The van der Waals surface area contributed by atoms with Crippen molar-refractivity contribution in [1.82, 2.24) is 0 Å². The second-order valence-electron chi connectivity index (χ2n) is 3.45. The highest BCUT2D eigenvalue weighted by molar-refractivity contribution is 7.99. The molecule has 0 radical (unpaired) electrons. The predicted octanol–water partition coefficient (Wildman–Crippen LogP) is 4.37. The zero-order valence-electron chi connectivity index (χ0n) is 8.81. The van der Waals surface area contributed by atoms with E-state index in [4.69, 9.17) is 0 Å². The maximum Gasteiger partial charge on any atom is 0.288 e. The summed E-state index contributed by atoms with van der Waals surface area (Å²) in [6, 6.07) is 13.6. The van der Waals surface area contributed by atoms with Crippen LogP contribution in [0.3, 0.4) is 0 Å². The Morgan fingerprint density at radius 3 is 2.24 bits per heavy atom. The largest absolute Gasteiger partial charge is 0.508 e. The van der Waals surface area contributed by atoms with E-state index in [0.29, 0.717) is 16.7 Å². The van der Waals surface area contributed by atoms with Crippen LogP contribution in [0.5, 0.6) is 5.75 Å². The molecule has 0 aliphatic rings. The van der Waals surface area contributed by atoms with Gasteiger partial charge in [-0.1, -0.05) is 36.0 Å². The first-order valence-electron chi connectivity index (χ1n) is 4.99. The summed E-state index contributed by atoms with van der Waals surface area (Å²) in [5, 5.41) is 9.34. The number of alkyl halides is 2. The highest BCUT2D eigenvalue weighted by Crippen LogP contribution is 2.28. The first-order chi connectivity index (χ1) is 8.15. The lowest BCUT2D eigenvalue weighted by molar-refractivity contribution is 0.252. The van der Waals surface area contributed by atoms with Crippen LogP contribution in [0.2, 0.25) is 0 Å². The van der Waals surface area contributed by atoms with E-state index in [9.17, 15) is 13.9 Å². The number of aromatic hydroxyl groups is 1. The average Bonchev–Trinajstić information content (AvgIpc) is 2.29. The minimum Gasteiger partial charge on any atom is -0.508 e. The van der Waals surface area contributed by atoms with Gasteiger partial charge < -0.3 is 5.11 Å². The van der Waals surface area contributed by atoms with E-state index >= 15 is 0 Å². The molecule has 0 bridgehead atoms. The van der Waals surface area contributed by atoms with Crippen molar-refractivity contribution < 1.29 is 13.9 Å². The lowest BCUT2D eigenvalue weighted by atomic mass is 10.1. The smallest absolute Gasteiger partial charge is 0.288 e. The molecule has 0 aliphatic heterocycles. The van der Waals surface area contributed by atoms with Gasteiger partial charge in [-0.15, -0.1) is 0 Å². The van der Waals surface area contributed by atoms with Gasteiger partial charge in [0.15, 0.2) is 0 Å². The number of benzene rings is 2. The fraction of sp³-hybridized carbons (Fsp3) is 0.0769. The molecule has 1 N–H and O–H groups in total. The highest BCUT2D eigenvalue weighted by Gasteiger charge is 2.05. The molecule has 88 valence electrons. The Bertz CT molecular complexity index is 497. The van der Waals surface area contributed by atoms with E-state index in [1.54, 1.807) is 42.5 Å².